The molecule has 0 aromatic heterocycles. The average Bonchev–Trinajstić information content (AvgIpc) is 3.29. The second-order valence-electron chi connectivity index (χ2n) is 6.73. The highest BCUT2D eigenvalue weighted by Gasteiger charge is 2.45. The first-order valence-corrected chi connectivity index (χ1v) is 8.33. The third-order valence-corrected chi connectivity index (χ3v) is 5.30. The minimum Gasteiger partial charge on any atom is -0.381 e. The summed E-state index contributed by atoms with van der Waals surface area (Å²) in [5.74, 6) is 1.25. The van der Waals surface area contributed by atoms with Crippen LogP contribution in [0.4, 0.5) is 0 Å². The Morgan fingerprint density at radius 2 is 1.90 bits per heavy atom. The molecule has 2 N–H and O–H groups in total. The van der Waals surface area contributed by atoms with Gasteiger partial charge in [-0.25, -0.2) is 0 Å². The molecular weight excluding hydrogens is 254 g/mol. The maximum Gasteiger partial charge on any atom is 0.0756 e. The van der Waals surface area contributed by atoms with Crippen LogP contribution in [0.3, 0.4) is 0 Å². The van der Waals surface area contributed by atoms with Gasteiger partial charge >= 0.3 is 0 Å². The first-order chi connectivity index (χ1) is 9.74. The minimum absolute atomic E-state index is 0.0408. The summed E-state index contributed by atoms with van der Waals surface area (Å²) in [6.45, 7) is 5.37. The molecule has 0 bridgehead atoms. The standard InChI is InChI=1S/C16H29NO3/c1-2-19-15(12-3-4-12)14(17)13-5-8-20-16(11-13)6-9-18-10-7-16/h12-15H,2-11,17H2,1H3. The first kappa shape index (κ1) is 14.8. The first-order valence-electron chi connectivity index (χ1n) is 8.33. The fourth-order valence-corrected chi connectivity index (χ4v) is 3.93. The minimum atomic E-state index is 0.0408. The third-order valence-electron chi connectivity index (χ3n) is 5.30. The zero-order valence-electron chi connectivity index (χ0n) is 12.7. The number of hydrogen-bond acceptors (Lipinski definition) is 4. The number of hydrogen-bond donors (Lipinski definition) is 1. The van der Waals surface area contributed by atoms with Crippen molar-refractivity contribution in [3.8, 4) is 0 Å². The summed E-state index contributed by atoms with van der Waals surface area (Å²) in [7, 11) is 0. The van der Waals surface area contributed by atoms with Crippen LogP contribution in [0.5, 0.6) is 0 Å². The van der Waals surface area contributed by atoms with Crippen LogP contribution in [-0.4, -0.2) is 44.2 Å². The van der Waals surface area contributed by atoms with E-state index in [-0.39, 0.29) is 17.7 Å². The number of nitrogens with two attached hydrogens (primary N) is 1. The lowest BCUT2D eigenvalue weighted by atomic mass is 9.76. The van der Waals surface area contributed by atoms with Crippen LogP contribution in [-0.2, 0) is 14.2 Å². The van der Waals surface area contributed by atoms with Gasteiger partial charge in [-0.3, -0.25) is 0 Å². The van der Waals surface area contributed by atoms with Crippen molar-refractivity contribution in [2.45, 2.75) is 63.2 Å². The quantitative estimate of drug-likeness (QED) is 0.839. The van der Waals surface area contributed by atoms with E-state index in [2.05, 4.69) is 6.92 Å². The maximum absolute atomic E-state index is 6.60. The summed E-state index contributed by atoms with van der Waals surface area (Å²) >= 11 is 0. The Kier molecular flexibility index (Phi) is 4.65. The van der Waals surface area contributed by atoms with E-state index >= 15 is 0 Å². The zero-order chi connectivity index (χ0) is 14.0. The molecule has 3 rings (SSSR count). The lowest BCUT2D eigenvalue weighted by Gasteiger charge is -2.45. The Labute approximate surface area is 122 Å². The Morgan fingerprint density at radius 1 is 1.15 bits per heavy atom. The van der Waals surface area contributed by atoms with E-state index in [0.29, 0.717) is 11.8 Å². The van der Waals surface area contributed by atoms with Gasteiger partial charge in [-0.05, 0) is 57.3 Å². The van der Waals surface area contributed by atoms with Crippen molar-refractivity contribution in [2.75, 3.05) is 26.4 Å². The topological polar surface area (TPSA) is 53.7 Å². The second kappa shape index (κ2) is 6.30. The molecule has 0 amide bonds. The van der Waals surface area contributed by atoms with Crippen molar-refractivity contribution < 1.29 is 14.2 Å². The van der Waals surface area contributed by atoms with Gasteiger partial charge in [0.25, 0.3) is 0 Å². The molecule has 116 valence electrons. The van der Waals surface area contributed by atoms with E-state index < -0.39 is 0 Å². The number of ether oxygens (including phenoxy) is 3. The van der Waals surface area contributed by atoms with Crippen molar-refractivity contribution in [1.82, 2.24) is 0 Å². The summed E-state index contributed by atoms with van der Waals surface area (Å²) in [6, 6.07) is 0.172. The smallest absolute Gasteiger partial charge is 0.0756 e. The Morgan fingerprint density at radius 3 is 2.55 bits per heavy atom. The summed E-state index contributed by atoms with van der Waals surface area (Å²) in [6.07, 6.45) is 7.08. The lowest BCUT2D eigenvalue weighted by Crippen LogP contribution is -2.52. The van der Waals surface area contributed by atoms with Gasteiger partial charge < -0.3 is 19.9 Å². The molecule has 1 aliphatic carbocycles. The van der Waals surface area contributed by atoms with Gasteiger partial charge in [0.05, 0.1) is 11.7 Å². The molecule has 0 aromatic carbocycles. The van der Waals surface area contributed by atoms with Gasteiger partial charge in [0.15, 0.2) is 0 Å². The predicted molar refractivity (Wildman–Crippen MR) is 77.6 cm³/mol. The molecule has 0 radical (unpaired) electrons. The maximum atomic E-state index is 6.60. The lowest BCUT2D eigenvalue weighted by molar-refractivity contribution is -0.154. The molecule has 4 heteroatoms. The Balaban J connectivity index is 1.62. The summed E-state index contributed by atoms with van der Waals surface area (Å²) in [4.78, 5) is 0. The van der Waals surface area contributed by atoms with Gasteiger partial charge in [-0.1, -0.05) is 0 Å². The molecule has 2 saturated heterocycles. The molecule has 3 atom stereocenters. The van der Waals surface area contributed by atoms with Crippen LogP contribution >= 0.6 is 0 Å². The molecule has 0 aromatic rings. The van der Waals surface area contributed by atoms with Gasteiger partial charge in [0.2, 0.25) is 0 Å². The van der Waals surface area contributed by atoms with E-state index in [1.165, 1.54) is 12.8 Å². The molecule has 20 heavy (non-hydrogen) atoms. The molecule has 2 heterocycles. The molecule has 3 aliphatic rings. The van der Waals surface area contributed by atoms with Crippen molar-refractivity contribution in [2.24, 2.45) is 17.6 Å². The van der Waals surface area contributed by atoms with Crippen LogP contribution in [0.2, 0.25) is 0 Å². The molecule has 3 fully saturated rings. The highest BCUT2D eigenvalue weighted by molar-refractivity contribution is 4.97. The van der Waals surface area contributed by atoms with E-state index in [1.54, 1.807) is 0 Å². The normalized spacial score (nSPS) is 33.0. The predicted octanol–water partition coefficient (Wildman–Crippen LogP) is 2.10. The molecule has 3 unspecified atom stereocenters. The Bertz CT molecular complexity index is 307. The van der Waals surface area contributed by atoms with Crippen LogP contribution in [0.15, 0.2) is 0 Å². The van der Waals surface area contributed by atoms with Crippen molar-refractivity contribution in [1.29, 1.82) is 0 Å². The van der Waals surface area contributed by atoms with Crippen molar-refractivity contribution in [3.63, 3.8) is 0 Å². The third kappa shape index (κ3) is 3.19. The summed E-state index contributed by atoms with van der Waals surface area (Å²) < 4.78 is 17.6. The van der Waals surface area contributed by atoms with E-state index in [4.69, 9.17) is 19.9 Å². The van der Waals surface area contributed by atoms with Crippen molar-refractivity contribution in [3.05, 3.63) is 0 Å². The van der Waals surface area contributed by atoms with E-state index in [9.17, 15) is 0 Å². The molecule has 2 aliphatic heterocycles. The molecular formula is C16H29NO3. The SMILES string of the molecule is CCOC(C1CC1)C(N)C1CCOC2(CCOCC2)C1. The monoisotopic (exact) mass is 283 g/mol. The van der Waals surface area contributed by atoms with Crippen LogP contribution < -0.4 is 5.73 Å². The highest BCUT2D eigenvalue weighted by atomic mass is 16.5. The fraction of sp³-hybridized carbons (Fsp3) is 1.00. The van der Waals surface area contributed by atoms with E-state index in [0.717, 1.165) is 52.1 Å². The molecule has 1 spiro atoms. The Hall–Kier alpha value is -0.160. The highest BCUT2D eigenvalue weighted by Crippen LogP contribution is 2.42. The van der Waals surface area contributed by atoms with Gasteiger partial charge in [-0.15, -0.1) is 0 Å². The largest absolute Gasteiger partial charge is 0.381 e. The van der Waals surface area contributed by atoms with Gasteiger partial charge in [0, 0.05) is 32.5 Å². The van der Waals surface area contributed by atoms with Gasteiger partial charge in [-0.2, -0.15) is 0 Å². The second-order valence-corrected chi connectivity index (χ2v) is 6.73. The number of rotatable bonds is 5. The average molecular weight is 283 g/mol. The molecule has 4 nitrogen and oxygen atoms in total. The summed E-state index contributed by atoms with van der Waals surface area (Å²) in [5, 5.41) is 0. The van der Waals surface area contributed by atoms with E-state index in [1.807, 2.05) is 0 Å². The summed E-state index contributed by atoms with van der Waals surface area (Å²) in [5.41, 5.74) is 6.64. The van der Waals surface area contributed by atoms with Crippen LogP contribution in [0.25, 0.3) is 0 Å². The van der Waals surface area contributed by atoms with Crippen LogP contribution in [0, 0.1) is 11.8 Å². The fourth-order valence-electron chi connectivity index (χ4n) is 3.93. The van der Waals surface area contributed by atoms with Gasteiger partial charge in [0.1, 0.15) is 0 Å². The van der Waals surface area contributed by atoms with Crippen molar-refractivity contribution >= 4 is 0 Å². The zero-order valence-corrected chi connectivity index (χ0v) is 12.7. The molecule has 1 saturated carbocycles. The van der Waals surface area contributed by atoms with Crippen LogP contribution in [0.1, 0.15) is 45.4 Å².